The average molecular weight is 308 g/mol. The van der Waals surface area contributed by atoms with E-state index in [1.54, 1.807) is 16.5 Å². The van der Waals surface area contributed by atoms with Crippen molar-refractivity contribution in [1.29, 1.82) is 0 Å². The number of hydrogen-bond acceptors (Lipinski definition) is 0. The lowest BCUT2D eigenvalue weighted by atomic mass is 9.99. The lowest BCUT2D eigenvalue weighted by molar-refractivity contribution is 1.02. The van der Waals surface area contributed by atoms with E-state index in [0.717, 1.165) is 0 Å². The van der Waals surface area contributed by atoms with Gasteiger partial charge in [0.2, 0.25) is 0 Å². The fraction of sp³-hybridized carbons (Fsp3) is 0.286. The molecule has 0 amide bonds. The normalized spacial score (nSPS) is 15.9. The minimum atomic E-state index is 0.590. The van der Waals surface area contributed by atoms with Crippen LogP contribution in [0, 0.1) is 0 Å². The summed E-state index contributed by atoms with van der Waals surface area (Å²) < 4.78 is 0.590. The molecule has 0 aromatic heterocycles. The van der Waals surface area contributed by atoms with Crippen LogP contribution in [0.15, 0.2) is 30.3 Å². The molecule has 2 aromatic carbocycles. The highest BCUT2D eigenvalue weighted by atomic mass is 127. The van der Waals surface area contributed by atoms with Crippen molar-refractivity contribution in [3.8, 4) is 0 Å². The highest BCUT2D eigenvalue weighted by molar-refractivity contribution is 14.1. The van der Waals surface area contributed by atoms with Crippen LogP contribution in [0.1, 0.15) is 27.5 Å². The summed E-state index contributed by atoms with van der Waals surface area (Å²) in [6.07, 6.45) is 2.46. The number of benzene rings is 2. The minimum absolute atomic E-state index is 0.590. The Morgan fingerprint density at radius 1 is 1.07 bits per heavy atom. The van der Waals surface area contributed by atoms with E-state index in [4.69, 9.17) is 0 Å². The molecule has 15 heavy (non-hydrogen) atoms. The van der Waals surface area contributed by atoms with E-state index in [1.165, 1.54) is 23.8 Å². The molecule has 0 bridgehead atoms. The Bertz CT molecular complexity index is 516. The van der Waals surface area contributed by atoms with Crippen LogP contribution in [0.3, 0.4) is 0 Å². The second-order valence-electron chi connectivity index (χ2n) is 4.27. The van der Waals surface area contributed by atoms with Crippen molar-refractivity contribution in [2.75, 3.05) is 0 Å². The highest BCUT2D eigenvalue weighted by Gasteiger charge is 2.16. The molecule has 0 heterocycles. The zero-order valence-corrected chi connectivity index (χ0v) is 10.9. The number of hydrogen-bond donors (Lipinski definition) is 0. The van der Waals surface area contributed by atoms with Gasteiger partial charge in [0.1, 0.15) is 0 Å². The summed E-state index contributed by atoms with van der Waals surface area (Å²) in [6, 6.07) is 11.4. The molecule has 0 nitrogen and oxygen atoms in total. The number of aryl methyl sites for hydroxylation is 2. The summed E-state index contributed by atoms with van der Waals surface area (Å²) in [4.78, 5) is 0. The summed E-state index contributed by atoms with van der Waals surface area (Å²) >= 11 is 2.50. The van der Waals surface area contributed by atoms with Gasteiger partial charge in [-0.3, -0.25) is 0 Å². The van der Waals surface area contributed by atoms with Gasteiger partial charge in [-0.1, -0.05) is 52.9 Å². The Hall–Kier alpha value is -0.570. The monoisotopic (exact) mass is 308 g/mol. The van der Waals surface area contributed by atoms with Gasteiger partial charge in [-0.25, -0.2) is 0 Å². The Balaban J connectivity index is 2.43. The molecular formula is C14H13I. The summed E-state index contributed by atoms with van der Waals surface area (Å²) in [5.41, 5.74) is 4.57. The molecule has 1 atom stereocenters. The summed E-state index contributed by atoms with van der Waals surface area (Å²) in [6.45, 7) is 2.26. The maximum atomic E-state index is 2.50. The van der Waals surface area contributed by atoms with E-state index in [1.807, 2.05) is 0 Å². The second kappa shape index (κ2) is 3.48. The van der Waals surface area contributed by atoms with Crippen molar-refractivity contribution >= 4 is 33.4 Å². The molecule has 0 saturated heterocycles. The van der Waals surface area contributed by atoms with Crippen LogP contribution in [-0.2, 0) is 12.8 Å². The van der Waals surface area contributed by atoms with Crippen LogP contribution in [0.25, 0.3) is 10.8 Å². The maximum Gasteiger partial charge on any atom is 0.0337 e. The molecule has 3 rings (SSSR count). The smallest absolute Gasteiger partial charge is 0.0337 e. The summed E-state index contributed by atoms with van der Waals surface area (Å²) in [5.74, 6) is 0. The standard InChI is InChI=1S/C14H13I/c1-9(15)12-8-7-11-6-5-10-3-2-4-13(12)14(10)11/h2-4,7-9H,5-6H2,1H3. The number of rotatable bonds is 1. The Kier molecular flexibility index (Phi) is 2.23. The van der Waals surface area contributed by atoms with Crippen molar-refractivity contribution in [2.45, 2.75) is 23.7 Å². The van der Waals surface area contributed by atoms with Crippen LogP contribution in [-0.4, -0.2) is 0 Å². The molecule has 1 aliphatic carbocycles. The SMILES string of the molecule is CC(I)c1ccc2c3c(cccc13)CC2. The predicted octanol–water partition coefficient (Wildman–Crippen LogP) is 4.43. The molecule has 1 unspecified atom stereocenters. The second-order valence-corrected chi connectivity index (χ2v) is 6.14. The molecule has 0 fully saturated rings. The number of halogens is 1. The largest absolute Gasteiger partial charge is 0.0777 e. The Morgan fingerprint density at radius 3 is 2.53 bits per heavy atom. The zero-order chi connectivity index (χ0) is 10.4. The molecule has 0 radical (unpaired) electrons. The first-order valence-electron chi connectivity index (χ1n) is 5.45. The van der Waals surface area contributed by atoms with Gasteiger partial charge in [0, 0.05) is 3.92 Å². The molecule has 2 aromatic rings. The summed E-state index contributed by atoms with van der Waals surface area (Å²) in [5, 5.41) is 3.02. The molecule has 0 spiro atoms. The van der Waals surface area contributed by atoms with E-state index < -0.39 is 0 Å². The molecule has 0 N–H and O–H groups in total. The van der Waals surface area contributed by atoms with Crippen LogP contribution < -0.4 is 0 Å². The van der Waals surface area contributed by atoms with Gasteiger partial charge in [-0.15, -0.1) is 0 Å². The van der Waals surface area contributed by atoms with Gasteiger partial charge in [-0.05, 0) is 47.2 Å². The lowest BCUT2D eigenvalue weighted by Crippen LogP contribution is -1.88. The van der Waals surface area contributed by atoms with Gasteiger partial charge in [0.25, 0.3) is 0 Å². The van der Waals surface area contributed by atoms with Crippen LogP contribution >= 0.6 is 22.6 Å². The third-order valence-electron chi connectivity index (χ3n) is 3.34. The third kappa shape index (κ3) is 1.40. The number of alkyl halides is 1. The minimum Gasteiger partial charge on any atom is -0.0777 e. The average Bonchev–Trinajstić information content (AvgIpc) is 2.64. The topological polar surface area (TPSA) is 0 Å². The predicted molar refractivity (Wildman–Crippen MR) is 73.8 cm³/mol. The molecule has 76 valence electrons. The zero-order valence-electron chi connectivity index (χ0n) is 8.76. The maximum absolute atomic E-state index is 2.50. The van der Waals surface area contributed by atoms with E-state index in [9.17, 15) is 0 Å². The molecule has 1 heteroatoms. The first-order valence-corrected chi connectivity index (χ1v) is 6.69. The van der Waals surface area contributed by atoms with Gasteiger partial charge >= 0.3 is 0 Å². The van der Waals surface area contributed by atoms with E-state index in [2.05, 4.69) is 59.8 Å². The quantitative estimate of drug-likeness (QED) is 0.540. The highest BCUT2D eigenvalue weighted by Crippen LogP contribution is 2.36. The van der Waals surface area contributed by atoms with E-state index >= 15 is 0 Å². The van der Waals surface area contributed by atoms with Gasteiger partial charge in [0.15, 0.2) is 0 Å². The van der Waals surface area contributed by atoms with Crippen LogP contribution in [0.2, 0.25) is 0 Å². The first kappa shape index (κ1) is 9.64. The molecular weight excluding hydrogens is 295 g/mol. The molecule has 1 aliphatic rings. The van der Waals surface area contributed by atoms with Crippen molar-refractivity contribution in [3.05, 3.63) is 47.0 Å². The van der Waals surface area contributed by atoms with E-state index in [0.29, 0.717) is 3.92 Å². The van der Waals surface area contributed by atoms with Gasteiger partial charge in [0.05, 0.1) is 0 Å². The van der Waals surface area contributed by atoms with Gasteiger partial charge < -0.3 is 0 Å². The third-order valence-corrected chi connectivity index (χ3v) is 4.01. The van der Waals surface area contributed by atoms with Crippen LogP contribution in [0.4, 0.5) is 0 Å². The van der Waals surface area contributed by atoms with Crippen molar-refractivity contribution < 1.29 is 0 Å². The van der Waals surface area contributed by atoms with Crippen molar-refractivity contribution in [1.82, 2.24) is 0 Å². The molecule has 0 aliphatic heterocycles. The van der Waals surface area contributed by atoms with Gasteiger partial charge in [-0.2, -0.15) is 0 Å². The fourth-order valence-electron chi connectivity index (χ4n) is 2.62. The molecule has 0 saturated carbocycles. The Morgan fingerprint density at radius 2 is 1.80 bits per heavy atom. The fourth-order valence-corrected chi connectivity index (χ4v) is 3.16. The first-order chi connectivity index (χ1) is 7.27. The summed E-state index contributed by atoms with van der Waals surface area (Å²) in [7, 11) is 0. The van der Waals surface area contributed by atoms with Crippen molar-refractivity contribution in [2.24, 2.45) is 0 Å². The van der Waals surface area contributed by atoms with Crippen LogP contribution in [0.5, 0.6) is 0 Å². The van der Waals surface area contributed by atoms with Crippen molar-refractivity contribution in [3.63, 3.8) is 0 Å². The van der Waals surface area contributed by atoms with E-state index in [-0.39, 0.29) is 0 Å². The lowest BCUT2D eigenvalue weighted by Gasteiger charge is -2.10. The Labute approximate surface area is 104 Å².